The Kier molecular flexibility index (Phi) is 4.59. The molecule has 120 valence electrons. The van der Waals surface area contributed by atoms with Gasteiger partial charge in [0.1, 0.15) is 0 Å². The summed E-state index contributed by atoms with van der Waals surface area (Å²) in [6, 6.07) is 2.04. The molecule has 0 radical (unpaired) electrons. The normalized spacial score (nSPS) is 15.4. The Labute approximate surface area is 126 Å². The Morgan fingerprint density at radius 3 is 2.23 bits per heavy atom. The predicted molar refractivity (Wildman–Crippen MR) is 75.9 cm³/mol. The van der Waals surface area contributed by atoms with E-state index in [0.29, 0.717) is 25.9 Å². The Balaban J connectivity index is 1.95. The SMILES string of the molecule is COC(=O)N1CCC(NC(=O)c2cc(O)c(O)c(O)c2)CC1. The summed E-state index contributed by atoms with van der Waals surface area (Å²) in [5, 5.41) is 30.8. The number of ether oxygens (including phenoxy) is 1. The maximum Gasteiger partial charge on any atom is 0.409 e. The van der Waals surface area contributed by atoms with Crippen molar-refractivity contribution >= 4 is 12.0 Å². The van der Waals surface area contributed by atoms with E-state index in [1.54, 1.807) is 4.90 Å². The summed E-state index contributed by atoms with van der Waals surface area (Å²) in [5.74, 6) is -2.26. The van der Waals surface area contributed by atoms with Crippen LogP contribution in [0.5, 0.6) is 17.2 Å². The Bertz CT molecular complexity index is 558. The van der Waals surface area contributed by atoms with Crippen molar-refractivity contribution in [2.24, 2.45) is 0 Å². The number of methoxy groups -OCH3 is 1. The first kappa shape index (κ1) is 15.7. The van der Waals surface area contributed by atoms with Gasteiger partial charge in [-0.2, -0.15) is 0 Å². The Morgan fingerprint density at radius 1 is 1.18 bits per heavy atom. The van der Waals surface area contributed by atoms with Crippen LogP contribution in [0.2, 0.25) is 0 Å². The van der Waals surface area contributed by atoms with E-state index < -0.39 is 29.2 Å². The molecule has 8 heteroatoms. The maximum absolute atomic E-state index is 12.1. The van der Waals surface area contributed by atoms with Gasteiger partial charge in [0.2, 0.25) is 0 Å². The third-order valence-electron chi connectivity index (χ3n) is 3.59. The molecule has 1 fully saturated rings. The molecule has 1 aromatic rings. The molecule has 0 unspecified atom stereocenters. The average Bonchev–Trinajstić information content (AvgIpc) is 2.52. The summed E-state index contributed by atoms with van der Waals surface area (Å²) in [6.07, 6.45) is 0.770. The van der Waals surface area contributed by atoms with Crippen LogP contribution in [-0.2, 0) is 4.74 Å². The fourth-order valence-electron chi connectivity index (χ4n) is 2.34. The van der Waals surface area contributed by atoms with E-state index >= 15 is 0 Å². The van der Waals surface area contributed by atoms with Crippen LogP contribution in [0.3, 0.4) is 0 Å². The smallest absolute Gasteiger partial charge is 0.409 e. The molecule has 2 rings (SSSR count). The zero-order valence-electron chi connectivity index (χ0n) is 12.1. The molecule has 0 aliphatic carbocycles. The van der Waals surface area contributed by atoms with Crippen LogP contribution < -0.4 is 5.32 Å². The number of nitrogens with zero attached hydrogens (tertiary/aromatic N) is 1. The number of rotatable bonds is 2. The topological polar surface area (TPSA) is 119 Å². The molecule has 8 nitrogen and oxygen atoms in total. The van der Waals surface area contributed by atoms with Crippen molar-refractivity contribution in [1.82, 2.24) is 10.2 Å². The second-order valence-corrected chi connectivity index (χ2v) is 5.07. The van der Waals surface area contributed by atoms with Crippen LogP contribution in [0.15, 0.2) is 12.1 Å². The predicted octanol–water partition coefficient (Wildman–Crippen LogP) is 0.764. The van der Waals surface area contributed by atoms with Gasteiger partial charge in [0.05, 0.1) is 7.11 Å². The van der Waals surface area contributed by atoms with Gasteiger partial charge < -0.3 is 30.3 Å². The molecule has 0 saturated carbocycles. The number of hydrogen-bond donors (Lipinski definition) is 4. The monoisotopic (exact) mass is 310 g/mol. The summed E-state index contributed by atoms with van der Waals surface area (Å²) in [6.45, 7) is 0.952. The van der Waals surface area contributed by atoms with Crippen molar-refractivity contribution < 1.29 is 29.6 Å². The first-order valence-electron chi connectivity index (χ1n) is 6.81. The summed E-state index contributed by atoms with van der Waals surface area (Å²) in [4.78, 5) is 25.0. The number of piperidine rings is 1. The van der Waals surface area contributed by atoms with Crippen LogP contribution in [0, 0.1) is 0 Å². The minimum absolute atomic E-state index is 0.0446. The molecule has 1 aromatic carbocycles. The van der Waals surface area contributed by atoms with Gasteiger partial charge in [-0.15, -0.1) is 0 Å². The fourth-order valence-corrected chi connectivity index (χ4v) is 2.34. The minimum Gasteiger partial charge on any atom is -0.504 e. The van der Waals surface area contributed by atoms with Crippen LogP contribution in [0.4, 0.5) is 4.79 Å². The van der Waals surface area contributed by atoms with Gasteiger partial charge in [0.15, 0.2) is 17.2 Å². The number of carbonyl (C=O) groups excluding carboxylic acids is 2. The Hall–Kier alpha value is -2.64. The van der Waals surface area contributed by atoms with E-state index in [9.17, 15) is 24.9 Å². The second kappa shape index (κ2) is 6.42. The molecule has 0 bridgehead atoms. The molecular formula is C14H18N2O6. The third kappa shape index (κ3) is 3.33. The highest BCUT2D eigenvalue weighted by molar-refractivity contribution is 5.95. The Morgan fingerprint density at radius 2 is 1.73 bits per heavy atom. The van der Waals surface area contributed by atoms with Crippen LogP contribution in [0.25, 0.3) is 0 Å². The molecule has 0 aromatic heterocycles. The van der Waals surface area contributed by atoms with Gasteiger partial charge in [0, 0.05) is 24.7 Å². The van der Waals surface area contributed by atoms with Gasteiger partial charge in [-0.05, 0) is 25.0 Å². The second-order valence-electron chi connectivity index (χ2n) is 5.07. The number of amides is 2. The van der Waals surface area contributed by atoms with Gasteiger partial charge in [0.25, 0.3) is 5.91 Å². The quantitative estimate of drug-likeness (QED) is 0.599. The lowest BCUT2D eigenvalue weighted by molar-refractivity contribution is 0.0891. The maximum atomic E-state index is 12.1. The molecule has 1 aliphatic heterocycles. The van der Waals surface area contributed by atoms with E-state index in [1.165, 1.54) is 7.11 Å². The number of nitrogens with one attached hydrogen (secondary N) is 1. The highest BCUT2D eigenvalue weighted by Crippen LogP contribution is 2.35. The molecule has 1 aliphatic rings. The van der Waals surface area contributed by atoms with Crippen LogP contribution >= 0.6 is 0 Å². The van der Waals surface area contributed by atoms with Crippen molar-refractivity contribution in [1.29, 1.82) is 0 Å². The number of benzene rings is 1. The number of likely N-dealkylation sites (tertiary alicyclic amines) is 1. The number of aromatic hydroxyl groups is 3. The minimum atomic E-state index is -0.664. The molecule has 1 saturated heterocycles. The van der Waals surface area contributed by atoms with E-state index in [2.05, 4.69) is 10.1 Å². The van der Waals surface area contributed by atoms with Gasteiger partial charge in [-0.25, -0.2) is 4.79 Å². The summed E-state index contributed by atoms with van der Waals surface area (Å²) >= 11 is 0. The molecule has 2 amide bonds. The number of phenols is 3. The molecular weight excluding hydrogens is 292 g/mol. The number of phenolic OH excluding ortho intramolecular Hbond substituents is 3. The standard InChI is InChI=1S/C14H18N2O6/c1-22-14(21)16-4-2-9(3-5-16)15-13(20)8-6-10(17)12(19)11(18)7-8/h6-7,9,17-19H,2-5H2,1H3,(H,15,20). The van der Waals surface area contributed by atoms with E-state index in [4.69, 9.17) is 0 Å². The first-order valence-corrected chi connectivity index (χ1v) is 6.81. The third-order valence-corrected chi connectivity index (χ3v) is 3.59. The summed E-state index contributed by atoms with van der Waals surface area (Å²) in [5.41, 5.74) is 0.0446. The lowest BCUT2D eigenvalue weighted by atomic mass is 10.0. The van der Waals surface area contributed by atoms with Gasteiger partial charge in [-0.3, -0.25) is 4.79 Å². The van der Waals surface area contributed by atoms with E-state index in [0.717, 1.165) is 12.1 Å². The zero-order valence-corrected chi connectivity index (χ0v) is 12.1. The highest BCUT2D eigenvalue weighted by Gasteiger charge is 2.25. The largest absolute Gasteiger partial charge is 0.504 e. The van der Waals surface area contributed by atoms with Crippen LogP contribution in [-0.4, -0.2) is 58.5 Å². The first-order chi connectivity index (χ1) is 10.4. The highest BCUT2D eigenvalue weighted by atomic mass is 16.5. The molecule has 1 heterocycles. The van der Waals surface area contributed by atoms with Crippen molar-refractivity contribution in [2.45, 2.75) is 18.9 Å². The lowest BCUT2D eigenvalue weighted by Gasteiger charge is -2.31. The van der Waals surface area contributed by atoms with Crippen molar-refractivity contribution in [2.75, 3.05) is 20.2 Å². The molecule has 22 heavy (non-hydrogen) atoms. The van der Waals surface area contributed by atoms with E-state index in [-0.39, 0.29) is 11.6 Å². The summed E-state index contributed by atoms with van der Waals surface area (Å²) in [7, 11) is 1.32. The number of carbonyl (C=O) groups is 2. The van der Waals surface area contributed by atoms with E-state index in [1.807, 2.05) is 0 Å². The lowest BCUT2D eigenvalue weighted by Crippen LogP contribution is -2.46. The fraction of sp³-hybridized carbons (Fsp3) is 0.429. The van der Waals surface area contributed by atoms with Gasteiger partial charge >= 0.3 is 6.09 Å². The van der Waals surface area contributed by atoms with Crippen LogP contribution in [0.1, 0.15) is 23.2 Å². The van der Waals surface area contributed by atoms with Crippen molar-refractivity contribution in [3.8, 4) is 17.2 Å². The van der Waals surface area contributed by atoms with Gasteiger partial charge in [-0.1, -0.05) is 0 Å². The molecule has 0 spiro atoms. The van der Waals surface area contributed by atoms with Crippen molar-refractivity contribution in [3.05, 3.63) is 17.7 Å². The molecule has 4 N–H and O–H groups in total. The molecule has 0 atom stereocenters. The van der Waals surface area contributed by atoms with Crippen molar-refractivity contribution in [3.63, 3.8) is 0 Å². The average molecular weight is 310 g/mol. The number of hydrogen-bond acceptors (Lipinski definition) is 6. The zero-order chi connectivity index (χ0) is 16.3. The summed E-state index contributed by atoms with van der Waals surface area (Å²) < 4.78 is 4.63.